The monoisotopic (exact) mass is 448 g/mol. The van der Waals surface area contributed by atoms with Crippen molar-refractivity contribution in [2.24, 2.45) is 0 Å². The van der Waals surface area contributed by atoms with E-state index in [9.17, 15) is 4.79 Å². The van der Waals surface area contributed by atoms with Crippen molar-refractivity contribution in [3.8, 4) is 16.9 Å². The fourth-order valence-electron chi connectivity index (χ4n) is 3.88. The Bertz CT molecular complexity index is 1120. The number of benzene rings is 1. The highest BCUT2D eigenvalue weighted by Crippen LogP contribution is 2.31. The number of amides is 1. The van der Waals surface area contributed by atoms with E-state index in [1.807, 2.05) is 49.0 Å². The van der Waals surface area contributed by atoms with E-state index in [0.717, 1.165) is 33.7 Å². The number of methoxy groups -OCH3 is 1. The zero-order chi connectivity index (χ0) is 23.4. The van der Waals surface area contributed by atoms with Crippen LogP contribution in [0.25, 0.3) is 11.1 Å². The van der Waals surface area contributed by atoms with Gasteiger partial charge in [0.2, 0.25) is 11.9 Å². The number of aryl methyl sites for hydroxylation is 1. The van der Waals surface area contributed by atoms with Gasteiger partial charge in [-0.15, -0.1) is 0 Å². The molecule has 1 atom stereocenters. The van der Waals surface area contributed by atoms with Gasteiger partial charge in [0, 0.05) is 50.4 Å². The fraction of sp³-hybridized carbons (Fsp3) is 0.375. The highest BCUT2D eigenvalue weighted by atomic mass is 16.5. The third-order valence-electron chi connectivity index (χ3n) is 5.62. The molecule has 1 amide bonds. The molecule has 9 nitrogen and oxygen atoms in total. The van der Waals surface area contributed by atoms with E-state index in [1.165, 1.54) is 6.33 Å². The number of nitrogens with zero attached hydrogens (tertiary/aromatic N) is 6. The van der Waals surface area contributed by atoms with Crippen LogP contribution in [0.15, 0.2) is 43.1 Å². The predicted octanol–water partition coefficient (Wildman–Crippen LogP) is 2.46. The maximum absolute atomic E-state index is 13.1. The molecule has 3 heterocycles. The molecule has 33 heavy (non-hydrogen) atoms. The van der Waals surface area contributed by atoms with E-state index in [4.69, 9.17) is 14.5 Å². The molecule has 1 aliphatic rings. The zero-order valence-corrected chi connectivity index (χ0v) is 19.4. The minimum Gasteiger partial charge on any atom is -0.496 e. The van der Waals surface area contributed by atoms with Crippen LogP contribution < -0.4 is 9.64 Å². The average molecular weight is 449 g/mol. The molecule has 0 saturated carbocycles. The Labute approximate surface area is 193 Å². The van der Waals surface area contributed by atoms with Crippen molar-refractivity contribution < 1.29 is 14.3 Å². The lowest BCUT2D eigenvalue weighted by atomic mass is 10.0. The third-order valence-corrected chi connectivity index (χ3v) is 5.62. The summed E-state index contributed by atoms with van der Waals surface area (Å²) in [5.41, 5.74) is 4.29. The van der Waals surface area contributed by atoms with Gasteiger partial charge < -0.3 is 19.3 Å². The van der Waals surface area contributed by atoms with Gasteiger partial charge in [-0.3, -0.25) is 4.79 Å². The molecule has 0 bridgehead atoms. The van der Waals surface area contributed by atoms with E-state index in [0.29, 0.717) is 32.1 Å². The Morgan fingerprint density at radius 1 is 1.24 bits per heavy atom. The number of morpholine rings is 1. The lowest BCUT2D eigenvalue weighted by Crippen LogP contribution is -2.43. The SMILES string of the molecule is COc1ccc(CC(=O)N2CCOC(c3nc(N(C)C)ncc3-c3cncnc3)C2)cc1C. The first kappa shape index (κ1) is 22.6. The highest BCUT2D eigenvalue weighted by Gasteiger charge is 2.29. The minimum atomic E-state index is -0.378. The maximum atomic E-state index is 13.1. The van der Waals surface area contributed by atoms with Gasteiger partial charge in [-0.1, -0.05) is 12.1 Å². The number of aromatic nitrogens is 4. The molecule has 0 N–H and O–H groups in total. The Morgan fingerprint density at radius 3 is 2.73 bits per heavy atom. The van der Waals surface area contributed by atoms with E-state index in [2.05, 4.69) is 15.0 Å². The third kappa shape index (κ3) is 5.09. The molecule has 0 radical (unpaired) electrons. The standard InChI is InChI=1S/C24H28N6O3/c1-16-9-17(5-6-20(16)32-4)10-22(31)30-7-8-33-21(14-30)23-19(18-11-25-15-26-12-18)13-27-24(28-23)29(2)3/h5-6,9,11-13,15,21H,7-8,10,14H2,1-4H3. The van der Waals surface area contributed by atoms with Crippen LogP contribution in [0.4, 0.5) is 5.95 Å². The topological polar surface area (TPSA) is 93.6 Å². The molecule has 4 rings (SSSR count). The van der Waals surface area contributed by atoms with Crippen LogP contribution in [0.5, 0.6) is 5.75 Å². The molecule has 9 heteroatoms. The summed E-state index contributed by atoms with van der Waals surface area (Å²) in [6, 6.07) is 5.83. The van der Waals surface area contributed by atoms with Crippen LogP contribution in [0.3, 0.4) is 0 Å². The minimum absolute atomic E-state index is 0.0550. The molecule has 0 spiro atoms. The number of anilines is 1. The Kier molecular flexibility index (Phi) is 6.79. The van der Waals surface area contributed by atoms with Crippen LogP contribution >= 0.6 is 0 Å². The average Bonchev–Trinajstić information content (AvgIpc) is 2.84. The summed E-state index contributed by atoms with van der Waals surface area (Å²) in [5, 5.41) is 0. The fourth-order valence-corrected chi connectivity index (χ4v) is 3.88. The summed E-state index contributed by atoms with van der Waals surface area (Å²) in [5.74, 6) is 1.45. The summed E-state index contributed by atoms with van der Waals surface area (Å²) in [7, 11) is 5.42. The van der Waals surface area contributed by atoms with E-state index < -0.39 is 0 Å². The van der Waals surface area contributed by atoms with E-state index >= 15 is 0 Å². The molecule has 0 aliphatic carbocycles. The molecule has 1 unspecified atom stereocenters. The number of hydrogen-bond acceptors (Lipinski definition) is 8. The summed E-state index contributed by atoms with van der Waals surface area (Å²) in [6.45, 7) is 3.37. The molecule has 1 fully saturated rings. The molecule has 1 saturated heterocycles. The van der Waals surface area contributed by atoms with Gasteiger partial charge in [0.05, 0.1) is 32.4 Å². The van der Waals surface area contributed by atoms with Crippen molar-refractivity contribution in [2.45, 2.75) is 19.4 Å². The van der Waals surface area contributed by atoms with Crippen LogP contribution in [0.2, 0.25) is 0 Å². The van der Waals surface area contributed by atoms with Crippen molar-refractivity contribution in [1.82, 2.24) is 24.8 Å². The molecular formula is C24H28N6O3. The van der Waals surface area contributed by atoms with Crippen LogP contribution in [-0.4, -0.2) is 71.6 Å². The number of carbonyl (C=O) groups is 1. The first-order valence-corrected chi connectivity index (χ1v) is 10.8. The summed E-state index contributed by atoms with van der Waals surface area (Å²) < 4.78 is 11.4. The van der Waals surface area contributed by atoms with Crippen molar-refractivity contribution in [3.05, 3.63) is 59.9 Å². The lowest BCUT2D eigenvalue weighted by Gasteiger charge is -2.33. The van der Waals surface area contributed by atoms with E-state index in [-0.39, 0.29) is 12.0 Å². The number of hydrogen-bond donors (Lipinski definition) is 0. The largest absolute Gasteiger partial charge is 0.496 e. The van der Waals surface area contributed by atoms with Crippen molar-refractivity contribution in [1.29, 1.82) is 0 Å². The Morgan fingerprint density at radius 2 is 2.03 bits per heavy atom. The Balaban J connectivity index is 1.57. The molecule has 1 aliphatic heterocycles. The Hall–Kier alpha value is -3.59. The van der Waals surface area contributed by atoms with Crippen LogP contribution in [0.1, 0.15) is 22.9 Å². The van der Waals surface area contributed by atoms with Gasteiger partial charge in [-0.05, 0) is 24.1 Å². The van der Waals surface area contributed by atoms with Gasteiger partial charge in [0.15, 0.2) is 0 Å². The molecule has 3 aromatic rings. The molecular weight excluding hydrogens is 420 g/mol. The highest BCUT2D eigenvalue weighted by molar-refractivity contribution is 5.79. The van der Waals surface area contributed by atoms with Crippen molar-refractivity contribution in [3.63, 3.8) is 0 Å². The lowest BCUT2D eigenvalue weighted by molar-refractivity contribution is -0.138. The predicted molar refractivity (Wildman–Crippen MR) is 124 cm³/mol. The second-order valence-electron chi connectivity index (χ2n) is 8.17. The van der Waals surface area contributed by atoms with Gasteiger partial charge in [0.25, 0.3) is 0 Å². The van der Waals surface area contributed by atoms with Crippen molar-refractivity contribution in [2.75, 3.05) is 45.8 Å². The van der Waals surface area contributed by atoms with Gasteiger partial charge in [-0.2, -0.15) is 0 Å². The summed E-state index contributed by atoms with van der Waals surface area (Å²) in [6.07, 6.45) is 6.64. The quantitative estimate of drug-likeness (QED) is 0.568. The molecule has 1 aromatic carbocycles. The normalized spacial score (nSPS) is 15.9. The van der Waals surface area contributed by atoms with E-state index in [1.54, 1.807) is 25.7 Å². The number of rotatable bonds is 6. The molecule has 172 valence electrons. The first-order valence-electron chi connectivity index (χ1n) is 10.8. The summed E-state index contributed by atoms with van der Waals surface area (Å²) in [4.78, 5) is 34.3. The zero-order valence-electron chi connectivity index (χ0n) is 19.4. The van der Waals surface area contributed by atoms with Gasteiger partial charge in [-0.25, -0.2) is 19.9 Å². The van der Waals surface area contributed by atoms with Gasteiger partial charge >= 0.3 is 0 Å². The second-order valence-corrected chi connectivity index (χ2v) is 8.17. The van der Waals surface area contributed by atoms with Gasteiger partial charge in [0.1, 0.15) is 18.2 Å². The maximum Gasteiger partial charge on any atom is 0.227 e. The van der Waals surface area contributed by atoms with Crippen LogP contribution in [-0.2, 0) is 16.0 Å². The smallest absolute Gasteiger partial charge is 0.227 e. The first-order chi connectivity index (χ1) is 16.0. The summed E-state index contributed by atoms with van der Waals surface area (Å²) >= 11 is 0. The van der Waals surface area contributed by atoms with Crippen LogP contribution in [0, 0.1) is 6.92 Å². The number of carbonyl (C=O) groups excluding carboxylic acids is 1. The van der Waals surface area contributed by atoms with Crippen molar-refractivity contribution >= 4 is 11.9 Å². The second kappa shape index (κ2) is 9.91. The molecule has 2 aromatic heterocycles. The number of ether oxygens (including phenoxy) is 2.